The molecule has 0 radical (unpaired) electrons. The summed E-state index contributed by atoms with van der Waals surface area (Å²) in [4.78, 5) is 12.1. The van der Waals surface area contributed by atoms with E-state index in [9.17, 15) is 13.2 Å². The van der Waals surface area contributed by atoms with E-state index in [0.29, 0.717) is 11.4 Å². The Labute approximate surface area is 162 Å². The van der Waals surface area contributed by atoms with Gasteiger partial charge < -0.3 is 10.1 Å². The number of benzene rings is 2. The number of carbonyl (C=O) groups excluding carboxylic acids is 1. The Bertz CT molecular complexity index is 883. The van der Waals surface area contributed by atoms with E-state index in [1.54, 1.807) is 37.3 Å². The molecule has 1 amide bonds. The number of carbonyl (C=O) groups is 1. The predicted molar refractivity (Wildman–Crippen MR) is 103 cm³/mol. The van der Waals surface area contributed by atoms with E-state index >= 15 is 0 Å². The molecule has 2 aromatic rings. The number of hydrogen-bond acceptors (Lipinski definition) is 4. The number of amides is 1. The number of anilines is 1. The van der Waals surface area contributed by atoms with Crippen molar-refractivity contribution in [3.63, 3.8) is 0 Å². The second-order valence-electron chi connectivity index (χ2n) is 5.26. The van der Waals surface area contributed by atoms with Crippen LogP contribution in [0, 0.1) is 0 Å². The Balaban J connectivity index is 2.21. The maximum Gasteiger partial charge on any atom is 0.246 e. The van der Waals surface area contributed by atoms with Crippen molar-refractivity contribution in [3.05, 3.63) is 52.5 Å². The molecule has 9 heteroatoms. The van der Waals surface area contributed by atoms with Gasteiger partial charge in [0.2, 0.25) is 15.9 Å². The van der Waals surface area contributed by atoms with Gasteiger partial charge in [-0.1, -0.05) is 42.3 Å². The van der Waals surface area contributed by atoms with Crippen LogP contribution in [0.3, 0.4) is 0 Å². The molecule has 0 heterocycles. The van der Waals surface area contributed by atoms with Gasteiger partial charge in [0.25, 0.3) is 0 Å². The number of halogens is 2. The molecule has 0 aliphatic carbocycles. The number of nitrogens with zero attached hydrogens (tertiary/aromatic N) is 1. The molecule has 0 aliphatic heterocycles. The van der Waals surface area contributed by atoms with Crippen LogP contribution in [0.15, 0.2) is 47.4 Å². The molecule has 1 N–H and O–H groups in total. The number of rotatable bonds is 7. The first kappa shape index (κ1) is 20.5. The van der Waals surface area contributed by atoms with Crippen molar-refractivity contribution in [1.82, 2.24) is 4.31 Å². The van der Waals surface area contributed by atoms with Crippen LogP contribution in [0.4, 0.5) is 5.69 Å². The summed E-state index contributed by atoms with van der Waals surface area (Å²) in [5, 5.41) is 2.65. The van der Waals surface area contributed by atoms with Crippen LogP contribution >= 0.6 is 23.2 Å². The Morgan fingerprint density at radius 1 is 1.15 bits per heavy atom. The highest BCUT2D eigenvalue weighted by atomic mass is 35.5. The molecule has 0 spiro atoms. The van der Waals surface area contributed by atoms with Crippen molar-refractivity contribution >= 4 is 44.8 Å². The summed E-state index contributed by atoms with van der Waals surface area (Å²) in [6, 6.07) is 11.2. The summed E-state index contributed by atoms with van der Waals surface area (Å²) in [6.07, 6.45) is 0. The molecule has 26 heavy (non-hydrogen) atoms. The molecule has 140 valence electrons. The number of sulfonamides is 1. The Kier molecular flexibility index (Phi) is 6.88. The van der Waals surface area contributed by atoms with Gasteiger partial charge in [0.15, 0.2) is 0 Å². The van der Waals surface area contributed by atoms with Crippen LogP contribution in [-0.2, 0) is 14.8 Å². The number of likely N-dealkylation sites (N-methyl/N-ethyl adjacent to an activating group) is 1. The highest BCUT2D eigenvalue weighted by Gasteiger charge is 2.29. The first-order valence-corrected chi connectivity index (χ1v) is 9.87. The summed E-state index contributed by atoms with van der Waals surface area (Å²) in [5.41, 5.74) is 0.499. The minimum Gasteiger partial charge on any atom is -0.497 e. The molecule has 0 unspecified atom stereocenters. The van der Waals surface area contributed by atoms with Crippen molar-refractivity contribution in [3.8, 4) is 5.75 Å². The van der Waals surface area contributed by atoms with Gasteiger partial charge in [-0.15, -0.1) is 0 Å². The van der Waals surface area contributed by atoms with Crippen LogP contribution < -0.4 is 10.1 Å². The van der Waals surface area contributed by atoms with Crippen molar-refractivity contribution in [2.75, 3.05) is 25.5 Å². The first-order valence-electron chi connectivity index (χ1n) is 7.67. The van der Waals surface area contributed by atoms with Gasteiger partial charge in [-0.2, -0.15) is 4.31 Å². The van der Waals surface area contributed by atoms with Crippen LogP contribution in [0.1, 0.15) is 6.92 Å². The molecule has 2 aromatic carbocycles. The quantitative estimate of drug-likeness (QED) is 0.746. The monoisotopic (exact) mass is 416 g/mol. The third-order valence-electron chi connectivity index (χ3n) is 3.54. The number of nitrogens with one attached hydrogen (secondary N) is 1. The molecule has 0 saturated carbocycles. The van der Waals surface area contributed by atoms with Gasteiger partial charge in [-0.05, 0) is 24.3 Å². The lowest BCUT2D eigenvalue weighted by atomic mass is 10.3. The minimum absolute atomic E-state index is 0.00385. The fourth-order valence-corrected chi connectivity index (χ4v) is 4.78. The summed E-state index contributed by atoms with van der Waals surface area (Å²) < 4.78 is 31.8. The molecule has 0 bridgehead atoms. The highest BCUT2D eigenvalue weighted by Crippen LogP contribution is 2.31. The lowest BCUT2D eigenvalue weighted by molar-refractivity contribution is -0.116. The zero-order valence-electron chi connectivity index (χ0n) is 14.2. The van der Waals surface area contributed by atoms with E-state index < -0.39 is 15.9 Å². The van der Waals surface area contributed by atoms with E-state index in [1.807, 2.05) is 0 Å². The average molecular weight is 417 g/mol. The van der Waals surface area contributed by atoms with Gasteiger partial charge in [-0.25, -0.2) is 8.42 Å². The maximum absolute atomic E-state index is 12.9. The van der Waals surface area contributed by atoms with Crippen molar-refractivity contribution in [2.45, 2.75) is 11.8 Å². The summed E-state index contributed by atoms with van der Waals surface area (Å²) in [7, 11) is -2.52. The lowest BCUT2D eigenvalue weighted by Gasteiger charge is -2.21. The SMILES string of the molecule is CCN(CC(=O)Nc1cccc(OC)c1)S(=O)(=O)c1c(Cl)cccc1Cl. The minimum atomic E-state index is -4.03. The van der Waals surface area contributed by atoms with Crippen LogP contribution in [-0.4, -0.2) is 38.8 Å². The van der Waals surface area contributed by atoms with E-state index in [0.717, 1.165) is 4.31 Å². The lowest BCUT2D eigenvalue weighted by Crippen LogP contribution is -2.38. The van der Waals surface area contributed by atoms with Gasteiger partial charge in [0.05, 0.1) is 23.7 Å². The van der Waals surface area contributed by atoms with Crippen molar-refractivity contribution in [1.29, 1.82) is 0 Å². The Morgan fingerprint density at radius 2 is 1.77 bits per heavy atom. The van der Waals surface area contributed by atoms with Crippen LogP contribution in [0.2, 0.25) is 10.0 Å². The Morgan fingerprint density at radius 3 is 2.35 bits per heavy atom. The van der Waals surface area contributed by atoms with Gasteiger partial charge >= 0.3 is 0 Å². The molecule has 0 saturated heterocycles. The Hall–Kier alpha value is -1.80. The molecule has 0 fully saturated rings. The molecular formula is C17H18Cl2N2O4S. The number of ether oxygens (including phenoxy) is 1. The van der Waals surface area contributed by atoms with E-state index in [-0.39, 0.29) is 28.0 Å². The second-order valence-corrected chi connectivity index (χ2v) is 7.95. The maximum atomic E-state index is 12.9. The van der Waals surface area contributed by atoms with Crippen molar-refractivity contribution in [2.24, 2.45) is 0 Å². The fraction of sp³-hybridized carbons (Fsp3) is 0.235. The predicted octanol–water partition coefficient (Wildman–Crippen LogP) is 3.65. The summed E-state index contributed by atoms with van der Waals surface area (Å²) >= 11 is 12.0. The third-order valence-corrected chi connectivity index (χ3v) is 6.42. The second kappa shape index (κ2) is 8.73. The number of hydrogen-bond donors (Lipinski definition) is 1. The van der Waals surface area contributed by atoms with Crippen molar-refractivity contribution < 1.29 is 17.9 Å². The molecule has 6 nitrogen and oxygen atoms in total. The standard InChI is InChI=1S/C17H18Cl2N2O4S/c1-3-21(26(23,24)17-14(18)8-5-9-15(17)19)11-16(22)20-12-6-4-7-13(10-12)25-2/h4-10H,3,11H2,1-2H3,(H,20,22). The van der Waals surface area contributed by atoms with Gasteiger partial charge in [0.1, 0.15) is 10.6 Å². The van der Waals surface area contributed by atoms with E-state index in [2.05, 4.69) is 5.32 Å². The third kappa shape index (κ3) is 4.67. The molecule has 0 aromatic heterocycles. The molecule has 0 atom stereocenters. The largest absolute Gasteiger partial charge is 0.497 e. The zero-order valence-corrected chi connectivity index (χ0v) is 16.5. The smallest absolute Gasteiger partial charge is 0.246 e. The summed E-state index contributed by atoms with van der Waals surface area (Å²) in [5.74, 6) is 0.0810. The molecular weight excluding hydrogens is 399 g/mol. The average Bonchev–Trinajstić information content (AvgIpc) is 2.59. The number of methoxy groups -OCH3 is 1. The van der Waals surface area contributed by atoms with E-state index in [1.165, 1.54) is 19.2 Å². The summed E-state index contributed by atoms with van der Waals surface area (Å²) in [6.45, 7) is 1.33. The van der Waals surface area contributed by atoms with Gasteiger partial charge in [0, 0.05) is 18.3 Å². The molecule has 0 aliphatic rings. The van der Waals surface area contributed by atoms with Crippen LogP contribution in [0.25, 0.3) is 0 Å². The highest BCUT2D eigenvalue weighted by molar-refractivity contribution is 7.89. The van der Waals surface area contributed by atoms with E-state index in [4.69, 9.17) is 27.9 Å². The molecule has 2 rings (SSSR count). The topological polar surface area (TPSA) is 75.7 Å². The first-order chi connectivity index (χ1) is 12.3. The zero-order chi connectivity index (χ0) is 19.3. The van der Waals surface area contributed by atoms with Gasteiger partial charge in [-0.3, -0.25) is 4.79 Å². The van der Waals surface area contributed by atoms with Crippen LogP contribution in [0.5, 0.6) is 5.75 Å². The fourth-order valence-electron chi connectivity index (χ4n) is 2.29. The normalized spacial score (nSPS) is 11.4.